The number of hydrogen-bond acceptors (Lipinski definition) is 7. The van der Waals surface area contributed by atoms with E-state index in [4.69, 9.17) is 20.5 Å². The van der Waals surface area contributed by atoms with Crippen LogP contribution >= 0.6 is 11.6 Å². The van der Waals surface area contributed by atoms with Crippen molar-refractivity contribution in [3.05, 3.63) is 33.9 Å². The average molecular weight is 393 g/mol. The summed E-state index contributed by atoms with van der Waals surface area (Å²) in [7, 11) is -3.77. The van der Waals surface area contributed by atoms with Gasteiger partial charge in [-0.05, 0) is 32.9 Å². The monoisotopic (exact) mass is 392 g/mol. The fraction of sp³-hybridized carbons (Fsp3) is 0.600. The van der Waals surface area contributed by atoms with Crippen molar-refractivity contribution in [2.45, 2.75) is 38.0 Å². The third-order valence-corrected chi connectivity index (χ3v) is 4.68. The highest BCUT2D eigenvalue weighted by Gasteiger charge is 2.47. The lowest BCUT2D eigenvalue weighted by molar-refractivity contribution is -0.385. The normalized spacial score (nSPS) is 22.1. The number of nitrogens with zero attached hydrogens (tertiary/aromatic N) is 1. The van der Waals surface area contributed by atoms with Crippen molar-refractivity contribution in [3.63, 3.8) is 0 Å². The maximum Gasteiger partial charge on any atom is 0.270 e. The predicted octanol–water partition coefficient (Wildman–Crippen LogP) is 2.37. The lowest BCUT2D eigenvalue weighted by atomic mass is 9.86. The second kappa shape index (κ2) is 7.45. The molecule has 0 bridgehead atoms. The van der Waals surface area contributed by atoms with Crippen LogP contribution in [0.15, 0.2) is 18.2 Å². The molecule has 140 valence electrons. The molecule has 0 aliphatic carbocycles. The zero-order chi connectivity index (χ0) is 18.8. The first-order valence-corrected chi connectivity index (χ1v) is 10.1. The zero-order valence-electron chi connectivity index (χ0n) is 14.2. The number of alkyl halides is 1. The molecule has 1 aliphatic heterocycles. The first-order chi connectivity index (χ1) is 11.5. The summed E-state index contributed by atoms with van der Waals surface area (Å²) in [4.78, 5) is 10.6. The largest absolute Gasteiger partial charge is 0.485 e. The Balaban J connectivity index is 2.50. The van der Waals surface area contributed by atoms with Crippen LogP contribution in [0.25, 0.3) is 0 Å². The van der Waals surface area contributed by atoms with E-state index < -0.39 is 32.8 Å². The summed E-state index contributed by atoms with van der Waals surface area (Å²) < 4.78 is 34.6. The van der Waals surface area contributed by atoms with Gasteiger partial charge in [0.25, 0.3) is 15.8 Å². The minimum Gasteiger partial charge on any atom is -0.485 e. The Morgan fingerprint density at radius 3 is 2.68 bits per heavy atom. The van der Waals surface area contributed by atoms with E-state index in [9.17, 15) is 18.5 Å². The summed E-state index contributed by atoms with van der Waals surface area (Å²) in [6.45, 7) is 3.92. The molecule has 0 aromatic heterocycles. The second-order valence-corrected chi connectivity index (χ2v) is 8.36. The summed E-state index contributed by atoms with van der Waals surface area (Å²) in [5.74, 6) is 0.881. The third-order valence-electron chi connectivity index (χ3n) is 3.85. The van der Waals surface area contributed by atoms with Crippen LogP contribution in [0.3, 0.4) is 0 Å². The van der Waals surface area contributed by atoms with Gasteiger partial charge in [-0.1, -0.05) is 0 Å². The number of nitrogens with one attached hydrogen (secondary N) is 1. The van der Waals surface area contributed by atoms with Crippen molar-refractivity contribution in [2.24, 2.45) is 0 Å². The molecule has 2 unspecified atom stereocenters. The average Bonchev–Trinajstić information content (AvgIpc) is 2.48. The van der Waals surface area contributed by atoms with Crippen molar-refractivity contribution in [2.75, 3.05) is 18.7 Å². The lowest BCUT2D eigenvalue weighted by Gasteiger charge is -2.44. The molecule has 10 heteroatoms. The Kier molecular flexibility index (Phi) is 5.93. The van der Waals surface area contributed by atoms with E-state index in [1.54, 1.807) is 13.8 Å². The van der Waals surface area contributed by atoms with Crippen molar-refractivity contribution < 1.29 is 22.3 Å². The molecule has 1 aromatic rings. The number of nitro benzene ring substituents is 1. The van der Waals surface area contributed by atoms with E-state index in [0.29, 0.717) is 30.2 Å². The molecule has 2 atom stereocenters. The minimum absolute atomic E-state index is 0.107. The smallest absolute Gasteiger partial charge is 0.270 e. The van der Waals surface area contributed by atoms with E-state index >= 15 is 0 Å². The van der Waals surface area contributed by atoms with Crippen molar-refractivity contribution >= 4 is 27.4 Å². The molecule has 0 saturated carbocycles. The number of fused-ring (bicyclic) bond motifs is 1. The van der Waals surface area contributed by atoms with Crippen LogP contribution in [0.5, 0.6) is 5.75 Å². The molecule has 1 heterocycles. The van der Waals surface area contributed by atoms with Crippen LogP contribution in [-0.2, 0) is 14.3 Å². The Morgan fingerprint density at radius 1 is 1.44 bits per heavy atom. The highest BCUT2D eigenvalue weighted by atomic mass is 35.5. The molecular formula is C15H21ClN2O6S. The van der Waals surface area contributed by atoms with E-state index in [-0.39, 0.29) is 5.69 Å². The van der Waals surface area contributed by atoms with Crippen LogP contribution in [-0.4, -0.2) is 43.7 Å². The molecule has 1 aromatic carbocycles. The van der Waals surface area contributed by atoms with E-state index in [0.717, 1.165) is 6.26 Å². The molecule has 0 spiro atoms. The number of non-ortho nitro benzene ring substituents is 1. The van der Waals surface area contributed by atoms with Gasteiger partial charge in [-0.3, -0.25) is 14.3 Å². The zero-order valence-corrected chi connectivity index (χ0v) is 15.8. The van der Waals surface area contributed by atoms with Crippen LogP contribution < -0.4 is 10.1 Å². The molecule has 0 saturated heterocycles. The highest BCUT2D eigenvalue weighted by molar-refractivity contribution is 7.86. The molecule has 1 aliphatic rings. The van der Waals surface area contributed by atoms with Crippen LogP contribution in [0.1, 0.15) is 31.9 Å². The molecule has 25 heavy (non-hydrogen) atoms. The number of benzene rings is 1. The van der Waals surface area contributed by atoms with Gasteiger partial charge < -0.3 is 10.1 Å². The summed E-state index contributed by atoms with van der Waals surface area (Å²) in [5, 5.41) is 14.3. The molecule has 0 radical (unpaired) electrons. The fourth-order valence-electron chi connectivity index (χ4n) is 2.79. The van der Waals surface area contributed by atoms with Crippen molar-refractivity contribution in [1.29, 1.82) is 0 Å². The number of halogens is 1. The highest BCUT2D eigenvalue weighted by Crippen LogP contribution is 2.43. The Bertz CT molecular complexity index is 752. The van der Waals surface area contributed by atoms with Gasteiger partial charge in [0.05, 0.1) is 17.2 Å². The van der Waals surface area contributed by atoms with E-state index in [1.165, 1.54) is 18.2 Å². The maximum atomic E-state index is 11.7. The van der Waals surface area contributed by atoms with Gasteiger partial charge in [0.2, 0.25) is 0 Å². The van der Waals surface area contributed by atoms with Gasteiger partial charge >= 0.3 is 0 Å². The summed E-state index contributed by atoms with van der Waals surface area (Å²) in [6, 6.07) is 3.64. The first kappa shape index (κ1) is 19.9. The Hall–Kier alpha value is -1.42. The third kappa shape index (κ3) is 4.81. The SMILES string of the molecule is CC1(C)Oc2ccc([N+](=O)[O-])cc2C(NCCCCl)C1OS(C)(=O)=O. The number of rotatable bonds is 7. The van der Waals surface area contributed by atoms with Crippen molar-refractivity contribution in [3.8, 4) is 5.75 Å². The summed E-state index contributed by atoms with van der Waals surface area (Å²) >= 11 is 5.70. The van der Waals surface area contributed by atoms with Crippen LogP contribution in [0.4, 0.5) is 5.69 Å². The molecule has 2 rings (SSSR count). The summed E-state index contributed by atoms with van der Waals surface area (Å²) in [6.07, 6.45) is 0.712. The molecule has 0 amide bonds. The number of ether oxygens (including phenoxy) is 1. The lowest BCUT2D eigenvalue weighted by Crippen LogP contribution is -2.54. The van der Waals surface area contributed by atoms with Gasteiger partial charge in [-0.15, -0.1) is 11.6 Å². The Labute approximate surface area is 151 Å². The minimum atomic E-state index is -3.77. The fourth-order valence-corrected chi connectivity index (χ4v) is 3.65. The predicted molar refractivity (Wildman–Crippen MR) is 93.6 cm³/mol. The van der Waals surface area contributed by atoms with Crippen LogP contribution in [0.2, 0.25) is 0 Å². The van der Waals surface area contributed by atoms with Gasteiger partial charge in [0.15, 0.2) is 0 Å². The standard InChI is InChI=1S/C15H21ClN2O6S/c1-15(2)14(24-25(3,21)22)13(17-8-4-7-16)11-9-10(18(19)20)5-6-12(11)23-15/h5-6,9,13-14,17H,4,7-8H2,1-3H3. The molecular weight excluding hydrogens is 372 g/mol. The molecule has 1 N–H and O–H groups in total. The van der Waals surface area contributed by atoms with Crippen molar-refractivity contribution in [1.82, 2.24) is 5.32 Å². The first-order valence-electron chi connectivity index (χ1n) is 7.70. The van der Waals surface area contributed by atoms with E-state index in [1.807, 2.05) is 0 Å². The maximum absolute atomic E-state index is 11.7. The van der Waals surface area contributed by atoms with Gasteiger partial charge in [-0.2, -0.15) is 8.42 Å². The van der Waals surface area contributed by atoms with Gasteiger partial charge in [-0.25, -0.2) is 0 Å². The van der Waals surface area contributed by atoms with Gasteiger partial charge in [0, 0.05) is 23.6 Å². The molecule has 0 fully saturated rings. The summed E-state index contributed by atoms with van der Waals surface area (Å²) in [5.41, 5.74) is -0.591. The van der Waals surface area contributed by atoms with Crippen LogP contribution in [0, 0.1) is 10.1 Å². The molecule has 8 nitrogen and oxygen atoms in total. The number of nitro groups is 1. The second-order valence-electron chi connectivity index (χ2n) is 6.38. The quantitative estimate of drug-likeness (QED) is 0.249. The Morgan fingerprint density at radius 2 is 2.12 bits per heavy atom. The van der Waals surface area contributed by atoms with E-state index in [2.05, 4.69) is 5.32 Å². The number of hydrogen-bond donors (Lipinski definition) is 1. The topological polar surface area (TPSA) is 108 Å². The van der Waals surface area contributed by atoms with Gasteiger partial charge in [0.1, 0.15) is 17.5 Å².